The van der Waals surface area contributed by atoms with E-state index in [1.807, 2.05) is 6.08 Å². The van der Waals surface area contributed by atoms with E-state index in [-0.39, 0.29) is 18.9 Å². The molecule has 2 aliphatic rings. The molecule has 0 saturated carbocycles. The van der Waals surface area contributed by atoms with Crippen molar-refractivity contribution in [2.45, 2.75) is 357 Å². The number of hydrogen-bond donors (Lipinski definition) is 9. The van der Waals surface area contributed by atoms with E-state index < -0.39 is 86.8 Å². The third kappa shape index (κ3) is 38.9. The SMILES string of the molecule is CCCCC/C=C\C/C=C\CCCCCCCCCC(=O)NC(COC1OC(CO)C(OC2OC(CO)C(O)C(O)C2O)C(O)C1O)C(O)/C=C/CC/C=C/CC/C=C/CCCCCCCCCCCCCCCCCCCCCCCCC. The summed E-state index contributed by atoms with van der Waals surface area (Å²) in [5.74, 6) is -0.261. The van der Waals surface area contributed by atoms with Gasteiger partial charge in [-0.05, 0) is 77.0 Å². The zero-order valence-corrected chi connectivity index (χ0v) is 53.1. The second-order valence-electron chi connectivity index (χ2n) is 24.3. The first kappa shape index (κ1) is 77.8. The maximum Gasteiger partial charge on any atom is 0.220 e. The van der Waals surface area contributed by atoms with Crippen LogP contribution in [0.3, 0.4) is 0 Å². The van der Waals surface area contributed by atoms with Crippen LogP contribution in [0.15, 0.2) is 60.8 Å². The van der Waals surface area contributed by atoms with Crippen LogP contribution in [0.1, 0.15) is 284 Å². The zero-order valence-electron chi connectivity index (χ0n) is 53.1. The van der Waals surface area contributed by atoms with E-state index in [1.54, 1.807) is 6.08 Å². The molecule has 0 aliphatic carbocycles. The van der Waals surface area contributed by atoms with Crippen molar-refractivity contribution in [1.82, 2.24) is 5.32 Å². The molecule has 2 aliphatic heterocycles. The zero-order chi connectivity index (χ0) is 60.9. The monoisotopic (exact) mass is 1190 g/mol. The summed E-state index contributed by atoms with van der Waals surface area (Å²) in [5, 5.41) is 87.3. The molecule has 0 aromatic heterocycles. The van der Waals surface area contributed by atoms with E-state index in [1.165, 1.54) is 186 Å². The molecule has 0 aromatic carbocycles. The summed E-state index contributed by atoms with van der Waals surface area (Å²) in [5.41, 5.74) is 0. The smallest absolute Gasteiger partial charge is 0.220 e. The number of hydrogen-bond acceptors (Lipinski definition) is 13. The predicted octanol–water partition coefficient (Wildman–Crippen LogP) is 13.7. The van der Waals surface area contributed by atoms with E-state index in [0.29, 0.717) is 12.8 Å². The van der Waals surface area contributed by atoms with Crippen molar-refractivity contribution in [2.24, 2.45) is 0 Å². The quantitative estimate of drug-likeness (QED) is 0.0204. The number of amides is 1. The summed E-state index contributed by atoms with van der Waals surface area (Å²) in [7, 11) is 0. The Bertz CT molecular complexity index is 1640. The maximum atomic E-state index is 13.3. The third-order valence-electron chi connectivity index (χ3n) is 16.7. The number of carbonyl (C=O) groups excluding carboxylic acids is 1. The molecule has 14 heteroatoms. The number of carbonyl (C=O) groups is 1. The van der Waals surface area contributed by atoms with Crippen molar-refractivity contribution in [3.63, 3.8) is 0 Å². The lowest BCUT2D eigenvalue weighted by Crippen LogP contribution is -2.65. The molecule has 0 aromatic rings. The number of unbranched alkanes of at least 4 members (excludes halogenated alkanes) is 35. The van der Waals surface area contributed by atoms with E-state index >= 15 is 0 Å². The highest BCUT2D eigenvalue weighted by Crippen LogP contribution is 2.30. The van der Waals surface area contributed by atoms with Crippen LogP contribution in [-0.4, -0.2) is 140 Å². The Balaban J connectivity index is 1.69. The Kier molecular flexibility index (Phi) is 50.8. The first-order valence-electron chi connectivity index (χ1n) is 34.5. The Hall–Kier alpha value is -2.31. The molecule has 0 bridgehead atoms. The standard InChI is InChI=1S/C70H127NO13/c1-3-5-7-9-11-13-15-17-19-21-22-23-24-25-26-27-28-29-30-31-32-33-34-35-36-38-39-41-43-45-47-49-51-53-59(74)58(71-62(75)54-52-50-48-46-44-42-40-37-20-18-16-14-12-10-8-6-4-2)57-81-69-67(80)65(78)68(61(56-73)83-69)84-70-66(79)64(77)63(76)60(55-72)82-70/h12,14,18,20,36,38,43,45,51,53,58-61,63-70,72-74,76-80H,3-11,13,15-17,19,21-35,37,39-42,44,46-50,52,54-57H2,1-2H3,(H,71,75)/b14-12-,20-18-,38-36+,45-43+,53-51+. The van der Waals surface area contributed by atoms with Crippen molar-refractivity contribution >= 4 is 5.91 Å². The number of aliphatic hydroxyl groups excluding tert-OH is 8. The highest BCUT2D eigenvalue weighted by Gasteiger charge is 2.51. The molecule has 12 unspecified atom stereocenters. The Morgan fingerprint density at radius 2 is 0.798 bits per heavy atom. The second-order valence-corrected chi connectivity index (χ2v) is 24.3. The summed E-state index contributed by atoms with van der Waals surface area (Å²) in [6.45, 7) is 2.76. The second kappa shape index (κ2) is 54.8. The summed E-state index contributed by atoms with van der Waals surface area (Å²) in [6.07, 6.45) is 55.8. The van der Waals surface area contributed by atoms with Gasteiger partial charge in [-0.3, -0.25) is 4.79 Å². The number of allylic oxidation sites excluding steroid dienone is 9. The maximum absolute atomic E-state index is 13.3. The summed E-state index contributed by atoms with van der Waals surface area (Å²) in [6, 6.07) is -0.945. The van der Waals surface area contributed by atoms with Crippen molar-refractivity contribution in [2.75, 3.05) is 19.8 Å². The first-order valence-corrected chi connectivity index (χ1v) is 34.5. The number of nitrogens with one attached hydrogen (secondary N) is 1. The molecule has 490 valence electrons. The molecule has 9 N–H and O–H groups in total. The molecule has 2 rings (SSSR count). The van der Waals surface area contributed by atoms with Gasteiger partial charge in [0, 0.05) is 6.42 Å². The lowest BCUT2D eigenvalue weighted by atomic mass is 9.97. The number of ether oxygens (including phenoxy) is 4. The highest BCUT2D eigenvalue weighted by atomic mass is 16.7. The Morgan fingerprint density at radius 1 is 0.429 bits per heavy atom. The normalized spacial score (nSPS) is 24.0. The number of aliphatic hydroxyl groups is 8. The van der Waals surface area contributed by atoms with Gasteiger partial charge in [-0.25, -0.2) is 0 Å². The molecule has 1 amide bonds. The van der Waals surface area contributed by atoms with Crippen molar-refractivity contribution in [3.8, 4) is 0 Å². The van der Waals surface area contributed by atoms with Gasteiger partial charge in [0.05, 0.1) is 32.0 Å². The molecule has 0 spiro atoms. The van der Waals surface area contributed by atoms with Crippen LogP contribution < -0.4 is 5.32 Å². The predicted molar refractivity (Wildman–Crippen MR) is 341 cm³/mol. The topological polar surface area (TPSA) is 228 Å². The van der Waals surface area contributed by atoms with Crippen molar-refractivity contribution < 1.29 is 64.6 Å². The summed E-state index contributed by atoms with van der Waals surface area (Å²) < 4.78 is 22.8. The van der Waals surface area contributed by atoms with Crippen molar-refractivity contribution in [1.29, 1.82) is 0 Å². The summed E-state index contributed by atoms with van der Waals surface area (Å²) in [4.78, 5) is 13.3. The van der Waals surface area contributed by atoms with Gasteiger partial charge in [0.15, 0.2) is 12.6 Å². The fourth-order valence-electron chi connectivity index (χ4n) is 11.1. The van der Waals surface area contributed by atoms with Gasteiger partial charge in [0.1, 0.15) is 48.8 Å². The molecular weight excluding hydrogens is 1060 g/mol. The van der Waals surface area contributed by atoms with Gasteiger partial charge in [0.2, 0.25) is 5.91 Å². The van der Waals surface area contributed by atoms with E-state index in [9.17, 15) is 45.6 Å². The van der Waals surface area contributed by atoms with Crippen LogP contribution in [0.4, 0.5) is 0 Å². The van der Waals surface area contributed by atoms with Crippen LogP contribution in [0, 0.1) is 0 Å². The lowest BCUT2D eigenvalue weighted by Gasteiger charge is -2.46. The average molecular weight is 1190 g/mol. The van der Waals surface area contributed by atoms with Crippen molar-refractivity contribution in [3.05, 3.63) is 60.8 Å². The molecule has 0 radical (unpaired) electrons. The van der Waals surface area contributed by atoms with Gasteiger partial charge in [-0.2, -0.15) is 0 Å². The van der Waals surface area contributed by atoms with E-state index in [2.05, 4.69) is 67.8 Å². The van der Waals surface area contributed by atoms with Crippen LogP contribution in [0.25, 0.3) is 0 Å². The van der Waals surface area contributed by atoms with E-state index in [0.717, 1.165) is 64.2 Å². The van der Waals surface area contributed by atoms with Gasteiger partial charge in [0.25, 0.3) is 0 Å². The molecular formula is C70H127NO13. The molecule has 14 nitrogen and oxygen atoms in total. The van der Waals surface area contributed by atoms with Crippen LogP contribution >= 0.6 is 0 Å². The van der Waals surface area contributed by atoms with Crippen LogP contribution in [0.5, 0.6) is 0 Å². The largest absolute Gasteiger partial charge is 0.394 e. The fourth-order valence-corrected chi connectivity index (χ4v) is 11.1. The third-order valence-corrected chi connectivity index (χ3v) is 16.7. The molecule has 12 atom stereocenters. The van der Waals surface area contributed by atoms with E-state index in [4.69, 9.17) is 18.9 Å². The average Bonchev–Trinajstić information content (AvgIpc) is 3.18. The highest BCUT2D eigenvalue weighted by molar-refractivity contribution is 5.76. The lowest BCUT2D eigenvalue weighted by molar-refractivity contribution is -0.359. The molecule has 2 fully saturated rings. The molecule has 2 saturated heterocycles. The minimum absolute atomic E-state index is 0.259. The fraction of sp³-hybridized carbons (Fsp3) is 0.843. The Morgan fingerprint density at radius 3 is 1.26 bits per heavy atom. The summed E-state index contributed by atoms with van der Waals surface area (Å²) >= 11 is 0. The minimum atomic E-state index is -1.80. The first-order chi connectivity index (χ1) is 41.1. The van der Waals surface area contributed by atoms with Gasteiger partial charge in [-0.15, -0.1) is 0 Å². The van der Waals surface area contributed by atoms with Gasteiger partial charge >= 0.3 is 0 Å². The number of rotatable bonds is 56. The minimum Gasteiger partial charge on any atom is -0.394 e. The Labute approximate surface area is 511 Å². The van der Waals surface area contributed by atoms with Crippen LogP contribution in [-0.2, 0) is 23.7 Å². The molecule has 2 heterocycles. The van der Waals surface area contributed by atoms with Gasteiger partial charge in [-0.1, -0.05) is 261 Å². The van der Waals surface area contributed by atoms with Gasteiger partial charge < -0.3 is 65.1 Å². The molecule has 84 heavy (non-hydrogen) atoms. The van der Waals surface area contributed by atoms with Crippen LogP contribution in [0.2, 0.25) is 0 Å².